The number of carbonyl (C=O) groups excluding carboxylic acids is 7. The summed E-state index contributed by atoms with van der Waals surface area (Å²) >= 11 is 0.691. The van der Waals surface area contributed by atoms with Crippen molar-refractivity contribution in [2.75, 3.05) is 18.1 Å². The minimum Gasteiger partial charge on any atom is -0.481 e. The summed E-state index contributed by atoms with van der Waals surface area (Å²) < 4.78 is 36.4. The molecule has 11 atom stereocenters. The van der Waals surface area contributed by atoms with Crippen LogP contribution in [-0.2, 0) is 57.2 Å². The summed E-state index contributed by atoms with van der Waals surface area (Å²) in [7, 11) is 0. The first-order valence-electron chi connectivity index (χ1n) is 22.6. The van der Waals surface area contributed by atoms with Gasteiger partial charge in [-0.3, -0.25) is 28.8 Å². The second-order valence-electron chi connectivity index (χ2n) is 18.7. The molecule has 4 aliphatic rings. The molecule has 19 heteroatoms. The van der Waals surface area contributed by atoms with Crippen molar-refractivity contribution in [3.8, 4) is 0 Å². The molecule has 3 aromatic carbocycles. The number of aliphatic carboxylic acids is 1. The van der Waals surface area contributed by atoms with E-state index in [2.05, 4.69) is 5.32 Å². The van der Waals surface area contributed by atoms with Gasteiger partial charge in [0.25, 0.3) is 5.91 Å². The van der Waals surface area contributed by atoms with Crippen molar-refractivity contribution in [2.45, 2.75) is 108 Å². The summed E-state index contributed by atoms with van der Waals surface area (Å²) in [6, 6.07) is 22.2. The third-order valence-electron chi connectivity index (χ3n) is 14.2. The average molecular weight is 986 g/mol. The van der Waals surface area contributed by atoms with Crippen LogP contribution in [0.15, 0.2) is 102 Å². The molecule has 3 fully saturated rings. The van der Waals surface area contributed by atoms with Gasteiger partial charge >= 0.3 is 35.8 Å². The van der Waals surface area contributed by atoms with E-state index in [0.29, 0.717) is 11.8 Å². The summed E-state index contributed by atoms with van der Waals surface area (Å²) in [5.74, 6) is -10.5. The second-order valence-corrected chi connectivity index (χ2v) is 19.7. The summed E-state index contributed by atoms with van der Waals surface area (Å²) in [5, 5.41) is 38.1. The first kappa shape index (κ1) is 51.4. The maximum absolute atomic E-state index is 15.7. The van der Waals surface area contributed by atoms with E-state index in [-0.39, 0.29) is 40.9 Å². The molecular weight excluding hydrogens is 931 g/mol. The molecule has 3 aromatic rings. The van der Waals surface area contributed by atoms with Gasteiger partial charge in [0.2, 0.25) is 6.10 Å². The Morgan fingerprint density at radius 2 is 1.43 bits per heavy atom. The Hall–Kier alpha value is -6.41. The fourth-order valence-electron chi connectivity index (χ4n) is 10.7. The molecule has 1 saturated heterocycles. The minimum atomic E-state index is -2.49. The molecular formula is C51H55NO17S. The number of rotatable bonds is 15. The highest BCUT2D eigenvalue weighted by atomic mass is 32.2. The van der Waals surface area contributed by atoms with Crippen molar-refractivity contribution in [3.63, 3.8) is 0 Å². The third-order valence-corrected chi connectivity index (χ3v) is 15.1. The van der Waals surface area contributed by atoms with Crippen molar-refractivity contribution in [2.24, 2.45) is 16.7 Å². The molecule has 0 aromatic heterocycles. The van der Waals surface area contributed by atoms with Crippen molar-refractivity contribution >= 4 is 59.3 Å². The highest BCUT2D eigenvalue weighted by molar-refractivity contribution is 8.00. The number of ketones is 1. The zero-order valence-corrected chi connectivity index (χ0v) is 40.1. The van der Waals surface area contributed by atoms with E-state index >= 15 is 9.59 Å². The second kappa shape index (κ2) is 20.1. The quantitative estimate of drug-likeness (QED) is 0.0949. The molecule has 2 saturated carbocycles. The number of fused-ring (bicyclic) bond motifs is 5. The number of carboxylic acid groups (broad SMARTS) is 1. The van der Waals surface area contributed by atoms with E-state index in [0.717, 1.165) is 13.8 Å². The van der Waals surface area contributed by atoms with Crippen molar-refractivity contribution < 1.29 is 82.1 Å². The SMILES string of the molecule is CC(=O)O[C@H]1C(=O)[C@@]2(C)C([C@H](OC(=O)c3ccccc3)[C@]3(O)C[C@H](OC(=O)[C@H](OC(=O)CSCC(=O)O)[C@@H](NC(=O)c4ccccc4)c4ccccc4)C(C)=C1C3(C)C)[C@]1(OC(C)=O)CO[C@@H]1C[C@@H]2O. The number of hydrogen-bond acceptors (Lipinski definition) is 17. The molecule has 0 radical (unpaired) electrons. The number of hydrogen-bond donors (Lipinski definition) is 4. The first-order chi connectivity index (χ1) is 33.1. The van der Waals surface area contributed by atoms with Crippen LogP contribution in [0.1, 0.15) is 86.7 Å². The Morgan fingerprint density at radius 1 is 0.829 bits per heavy atom. The van der Waals surface area contributed by atoms with E-state index in [1.54, 1.807) is 66.7 Å². The van der Waals surface area contributed by atoms with Crippen molar-refractivity contribution in [3.05, 3.63) is 119 Å². The predicted octanol–water partition coefficient (Wildman–Crippen LogP) is 4.10. The van der Waals surface area contributed by atoms with E-state index in [1.165, 1.54) is 52.0 Å². The number of nitrogens with one attached hydrogen (secondary N) is 1. The fourth-order valence-corrected chi connectivity index (χ4v) is 11.2. The number of thioether (sulfide) groups is 1. The maximum atomic E-state index is 15.7. The molecule has 1 unspecified atom stereocenters. The molecule has 3 aliphatic carbocycles. The Balaban J connectivity index is 1.41. The summed E-state index contributed by atoms with van der Waals surface area (Å²) in [4.78, 5) is 110. The van der Waals surface area contributed by atoms with E-state index in [9.17, 15) is 44.1 Å². The number of benzene rings is 3. The van der Waals surface area contributed by atoms with Gasteiger partial charge in [-0.05, 0) is 54.8 Å². The normalized spacial score (nSPS) is 29.4. The van der Waals surface area contributed by atoms with Gasteiger partial charge in [-0.2, -0.15) is 0 Å². The summed E-state index contributed by atoms with van der Waals surface area (Å²) in [6.45, 7) is 7.72. The van der Waals surface area contributed by atoms with Gasteiger partial charge in [0.1, 0.15) is 30.0 Å². The standard InChI is InChI=1S/C51H55NO17S/c1-27-33(66-47(62)41(67-37(58)25-70-24-36(56)57)39(30-16-10-7-11-17-30)52-45(60)31-18-12-8-13-19-31)23-51(63)44(68-46(61)32-20-14-9-15-21-32)42-49(6,34(55)22-35-50(42,26-64-35)69-29(3)54)43(59)40(65-28(2)53)38(27)48(51,4)5/h7-21,33-35,39-42,44,55,63H,22-26H2,1-6H3,(H,52,60)(H,56,57)/t33-,34-,35+,39-,40+,41+,42?,44-,49+,50-,51+/m0/s1. The van der Waals surface area contributed by atoms with Gasteiger partial charge in [0, 0.05) is 37.7 Å². The van der Waals surface area contributed by atoms with E-state index in [1.807, 2.05) is 0 Å². The topological polar surface area (TPSA) is 265 Å². The Morgan fingerprint density at radius 3 is 1.99 bits per heavy atom. The predicted molar refractivity (Wildman–Crippen MR) is 247 cm³/mol. The van der Waals surface area contributed by atoms with Crippen LogP contribution in [0.4, 0.5) is 0 Å². The van der Waals surface area contributed by atoms with Crippen LogP contribution in [0.5, 0.6) is 0 Å². The highest BCUT2D eigenvalue weighted by Crippen LogP contribution is 2.64. The molecule has 1 amide bonds. The fraction of sp³-hybridized carbons (Fsp3) is 0.451. The Bertz CT molecular complexity index is 2570. The van der Waals surface area contributed by atoms with Gasteiger partial charge in [-0.15, -0.1) is 11.8 Å². The van der Waals surface area contributed by atoms with Gasteiger partial charge in [0.15, 0.2) is 17.5 Å². The van der Waals surface area contributed by atoms with Gasteiger partial charge < -0.3 is 49.1 Å². The number of carboxylic acids is 1. The number of esters is 5. The number of carbonyl (C=O) groups is 8. The van der Waals surface area contributed by atoms with Crippen LogP contribution in [0, 0.1) is 16.7 Å². The molecule has 7 rings (SSSR count). The van der Waals surface area contributed by atoms with Crippen LogP contribution in [-0.4, -0.2) is 129 Å². The zero-order chi connectivity index (χ0) is 50.9. The lowest BCUT2D eigenvalue weighted by atomic mass is 9.44. The van der Waals surface area contributed by atoms with Crippen LogP contribution in [0.2, 0.25) is 0 Å². The summed E-state index contributed by atoms with van der Waals surface area (Å²) in [6.07, 6.45) is -11.0. The van der Waals surface area contributed by atoms with Crippen LogP contribution in [0.25, 0.3) is 0 Å². The van der Waals surface area contributed by atoms with E-state index in [4.69, 9.17) is 28.4 Å². The lowest BCUT2D eigenvalue weighted by molar-refractivity contribution is -0.346. The first-order valence-corrected chi connectivity index (χ1v) is 23.7. The van der Waals surface area contributed by atoms with Gasteiger partial charge in [-0.25, -0.2) is 9.59 Å². The molecule has 18 nitrogen and oxygen atoms in total. The molecule has 4 N–H and O–H groups in total. The molecule has 2 bridgehead atoms. The van der Waals surface area contributed by atoms with Gasteiger partial charge in [0.05, 0.1) is 41.1 Å². The average Bonchev–Trinajstić information content (AvgIpc) is 3.31. The summed E-state index contributed by atoms with van der Waals surface area (Å²) in [5.41, 5.74) is -7.70. The minimum absolute atomic E-state index is 0.0255. The lowest BCUT2D eigenvalue weighted by Gasteiger charge is -2.67. The molecule has 0 spiro atoms. The largest absolute Gasteiger partial charge is 0.481 e. The number of aliphatic hydroxyl groups excluding tert-OH is 1. The van der Waals surface area contributed by atoms with Crippen LogP contribution in [0.3, 0.4) is 0 Å². The number of amides is 1. The van der Waals surface area contributed by atoms with Crippen molar-refractivity contribution in [1.82, 2.24) is 5.32 Å². The molecule has 372 valence electrons. The molecule has 1 aliphatic heterocycles. The number of ether oxygens (including phenoxy) is 6. The highest BCUT2D eigenvalue weighted by Gasteiger charge is 2.78. The third kappa shape index (κ3) is 9.46. The van der Waals surface area contributed by atoms with Crippen LogP contribution >= 0.6 is 11.8 Å². The zero-order valence-electron chi connectivity index (χ0n) is 39.3. The number of aliphatic hydroxyl groups is 2. The van der Waals surface area contributed by atoms with Crippen LogP contribution < -0.4 is 5.32 Å². The Kier molecular flexibility index (Phi) is 14.8. The van der Waals surface area contributed by atoms with E-state index < -0.39 is 136 Å². The van der Waals surface area contributed by atoms with Crippen molar-refractivity contribution in [1.29, 1.82) is 0 Å². The smallest absolute Gasteiger partial charge is 0.350 e. The monoisotopic (exact) mass is 985 g/mol. The molecule has 70 heavy (non-hydrogen) atoms. The van der Waals surface area contributed by atoms with Gasteiger partial charge in [-0.1, -0.05) is 80.6 Å². The molecule has 1 heterocycles. The number of Topliss-reactive ketones (excluding diaryl/α,β-unsaturated/α-hetero) is 1. The lowest BCUT2D eigenvalue weighted by Crippen LogP contribution is -2.82. The Labute approximate surface area is 407 Å². The maximum Gasteiger partial charge on any atom is 0.350 e.